The Hall–Kier alpha value is -1.79. The molecule has 2 aromatic rings. The Labute approximate surface area is 152 Å². The standard InChI is InChI=1S/C17H23ClN4OS/c1-3-13-12-22-16(24-13)8-9-20-17(19-2)21-10-11-23-15-7-5-4-6-14(15)18/h4-7,12H,3,8-11H2,1-2H3,(H2,19,20,21). The van der Waals surface area contributed by atoms with E-state index in [-0.39, 0.29) is 0 Å². The minimum atomic E-state index is 0.511. The third-order valence-electron chi connectivity index (χ3n) is 3.29. The first kappa shape index (κ1) is 18.5. The highest BCUT2D eigenvalue weighted by Crippen LogP contribution is 2.22. The maximum absolute atomic E-state index is 6.05. The molecule has 24 heavy (non-hydrogen) atoms. The van der Waals surface area contributed by atoms with Gasteiger partial charge in [0.25, 0.3) is 0 Å². The summed E-state index contributed by atoms with van der Waals surface area (Å²) in [5, 5.41) is 8.26. The smallest absolute Gasteiger partial charge is 0.191 e. The maximum Gasteiger partial charge on any atom is 0.191 e. The highest BCUT2D eigenvalue weighted by Gasteiger charge is 2.03. The number of thiazole rings is 1. The molecule has 0 bridgehead atoms. The highest BCUT2D eigenvalue weighted by molar-refractivity contribution is 7.11. The first-order valence-corrected chi connectivity index (χ1v) is 9.17. The molecule has 1 heterocycles. The number of aryl methyl sites for hydroxylation is 1. The van der Waals surface area contributed by atoms with Gasteiger partial charge in [0.1, 0.15) is 12.4 Å². The number of ether oxygens (including phenoxy) is 1. The van der Waals surface area contributed by atoms with E-state index in [0.29, 0.717) is 23.9 Å². The predicted molar refractivity (Wildman–Crippen MR) is 102 cm³/mol. The molecule has 0 aliphatic rings. The van der Waals surface area contributed by atoms with Gasteiger partial charge in [-0.05, 0) is 18.6 Å². The Kier molecular flexibility index (Phi) is 7.85. The lowest BCUT2D eigenvalue weighted by molar-refractivity contribution is 0.322. The number of rotatable bonds is 8. The molecule has 0 amide bonds. The number of hydrogen-bond donors (Lipinski definition) is 2. The van der Waals surface area contributed by atoms with Crippen molar-refractivity contribution in [1.29, 1.82) is 0 Å². The summed E-state index contributed by atoms with van der Waals surface area (Å²) in [6.45, 7) is 4.09. The van der Waals surface area contributed by atoms with E-state index in [1.165, 1.54) is 4.88 Å². The minimum absolute atomic E-state index is 0.511. The Morgan fingerprint density at radius 1 is 1.29 bits per heavy atom. The monoisotopic (exact) mass is 366 g/mol. The predicted octanol–water partition coefficient (Wildman–Crippen LogP) is 3.15. The van der Waals surface area contributed by atoms with E-state index in [2.05, 4.69) is 27.5 Å². The van der Waals surface area contributed by atoms with Gasteiger partial charge in [0.2, 0.25) is 0 Å². The van der Waals surface area contributed by atoms with E-state index in [1.807, 2.05) is 30.5 Å². The van der Waals surface area contributed by atoms with Gasteiger partial charge in [-0.1, -0.05) is 30.7 Å². The van der Waals surface area contributed by atoms with Crippen LogP contribution in [0.2, 0.25) is 5.02 Å². The third kappa shape index (κ3) is 6.02. The number of aliphatic imine (C=N–C) groups is 1. The van der Waals surface area contributed by atoms with Crippen molar-refractivity contribution in [3.8, 4) is 5.75 Å². The Morgan fingerprint density at radius 2 is 2.08 bits per heavy atom. The van der Waals surface area contributed by atoms with Crippen molar-refractivity contribution in [2.24, 2.45) is 4.99 Å². The van der Waals surface area contributed by atoms with Crippen molar-refractivity contribution in [2.75, 3.05) is 26.7 Å². The van der Waals surface area contributed by atoms with Gasteiger partial charge in [0.05, 0.1) is 16.6 Å². The van der Waals surface area contributed by atoms with Crippen LogP contribution in [0.5, 0.6) is 5.75 Å². The van der Waals surface area contributed by atoms with Crippen LogP contribution in [0.15, 0.2) is 35.5 Å². The number of benzene rings is 1. The summed E-state index contributed by atoms with van der Waals surface area (Å²) in [4.78, 5) is 9.93. The number of halogens is 1. The molecule has 2 N–H and O–H groups in total. The molecule has 0 aliphatic heterocycles. The van der Waals surface area contributed by atoms with E-state index < -0.39 is 0 Å². The molecule has 0 atom stereocenters. The van der Waals surface area contributed by atoms with Crippen LogP contribution < -0.4 is 15.4 Å². The van der Waals surface area contributed by atoms with Crippen molar-refractivity contribution in [3.63, 3.8) is 0 Å². The van der Waals surface area contributed by atoms with Crippen LogP contribution in [0.25, 0.3) is 0 Å². The minimum Gasteiger partial charge on any atom is -0.490 e. The second-order valence-corrected chi connectivity index (χ2v) is 6.64. The van der Waals surface area contributed by atoms with Crippen LogP contribution in [-0.4, -0.2) is 37.7 Å². The Morgan fingerprint density at radius 3 is 2.79 bits per heavy atom. The average Bonchev–Trinajstić information content (AvgIpc) is 3.06. The van der Waals surface area contributed by atoms with E-state index in [4.69, 9.17) is 16.3 Å². The zero-order valence-electron chi connectivity index (χ0n) is 14.0. The lowest BCUT2D eigenvalue weighted by Crippen LogP contribution is -2.40. The Balaban J connectivity index is 1.64. The summed E-state index contributed by atoms with van der Waals surface area (Å²) in [5.41, 5.74) is 0. The molecule has 0 saturated heterocycles. The van der Waals surface area contributed by atoms with Gasteiger partial charge in [-0.2, -0.15) is 0 Å². The van der Waals surface area contributed by atoms with Crippen LogP contribution in [0.4, 0.5) is 0 Å². The summed E-state index contributed by atoms with van der Waals surface area (Å²) in [5.74, 6) is 1.45. The van der Waals surface area contributed by atoms with Crippen LogP contribution in [0.3, 0.4) is 0 Å². The molecule has 7 heteroatoms. The van der Waals surface area contributed by atoms with Crippen LogP contribution >= 0.6 is 22.9 Å². The molecule has 130 valence electrons. The zero-order chi connectivity index (χ0) is 17.2. The number of nitrogens with zero attached hydrogens (tertiary/aromatic N) is 2. The number of guanidine groups is 1. The lowest BCUT2D eigenvalue weighted by Gasteiger charge is -2.12. The number of nitrogens with one attached hydrogen (secondary N) is 2. The zero-order valence-corrected chi connectivity index (χ0v) is 15.6. The van der Waals surface area contributed by atoms with Crippen molar-refractivity contribution in [3.05, 3.63) is 45.4 Å². The molecule has 5 nitrogen and oxygen atoms in total. The van der Waals surface area contributed by atoms with Gasteiger partial charge in [-0.3, -0.25) is 4.99 Å². The molecule has 0 spiro atoms. The van der Waals surface area contributed by atoms with Gasteiger partial charge < -0.3 is 15.4 Å². The van der Waals surface area contributed by atoms with E-state index in [0.717, 1.165) is 30.4 Å². The van der Waals surface area contributed by atoms with Gasteiger partial charge in [0, 0.05) is 31.1 Å². The van der Waals surface area contributed by atoms with Crippen LogP contribution in [0, 0.1) is 0 Å². The quantitative estimate of drug-likeness (QED) is 0.428. The summed E-state index contributed by atoms with van der Waals surface area (Å²) >= 11 is 7.81. The van der Waals surface area contributed by atoms with Crippen molar-refractivity contribution in [2.45, 2.75) is 19.8 Å². The fourth-order valence-electron chi connectivity index (χ4n) is 2.03. The van der Waals surface area contributed by atoms with E-state index in [9.17, 15) is 0 Å². The van der Waals surface area contributed by atoms with Crippen molar-refractivity contribution < 1.29 is 4.74 Å². The molecule has 0 radical (unpaired) electrons. The summed E-state index contributed by atoms with van der Waals surface area (Å²) < 4.78 is 5.64. The van der Waals surface area contributed by atoms with E-state index >= 15 is 0 Å². The number of aromatic nitrogens is 1. The van der Waals surface area contributed by atoms with Gasteiger partial charge in [-0.15, -0.1) is 11.3 Å². The maximum atomic E-state index is 6.05. The third-order valence-corrected chi connectivity index (χ3v) is 4.81. The largest absolute Gasteiger partial charge is 0.490 e. The molecule has 2 rings (SSSR count). The van der Waals surface area contributed by atoms with Gasteiger partial charge in [0.15, 0.2) is 5.96 Å². The van der Waals surface area contributed by atoms with E-state index in [1.54, 1.807) is 18.4 Å². The van der Waals surface area contributed by atoms with Gasteiger partial charge >= 0.3 is 0 Å². The van der Waals surface area contributed by atoms with Crippen molar-refractivity contribution >= 4 is 28.9 Å². The number of hydrogen-bond acceptors (Lipinski definition) is 4. The molecule has 0 fully saturated rings. The first-order chi connectivity index (χ1) is 11.7. The van der Waals surface area contributed by atoms with Gasteiger partial charge in [-0.25, -0.2) is 4.98 Å². The molecule has 0 saturated carbocycles. The Bertz CT molecular complexity index is 660. The first-order valence-electron chi connectivity index (χ1n) is 7.98. The topological polar surface area (TPSA) is 58.5 Å². The average molecular weight is 367 g/mol. The molecule has 0 aliphatic carbocycles. The molecular weight excluding hydrogens is 344 g/mol. The lowest BCUT2D eigenvalue weighted by atomic mass is 10.3. The second-order valence-electron chi connectivity index (χ2n) is 5.03. The summed E-state index contributed by atoms with van der Waals surface area (Å²) in [6, 6.07) is 7.45. The number of para-hydroxylation sites is 1. The molecular formula is C17H23ClN4OS. The SMILES string of the molecule is CCc1cnc(CCNC(=NC)NCCOc2ccccc2Cl)s1. The molecule has 0 unspecified atom stereocenters. The second kappa shape index (κ2) is 10.2. The normalized spacial score (nSPS) is 11.4. The highest BCUT2D eigenvalue weighted by atomic mass is 35.5. The van der Waals surface area contributed by atoms with Crippen LogP contribution in [-0.2, 0) is 12.8 Å². The summed E-state index contributed by atoms with van der Waals surface area (Å²) in [6.07, 6.45) is 3.89. The fourth-order valence-corrected chi connectivity index (χ4v) is 3.08. The van der Waals surface area contributed by atoms with Crippen LogP contribution in [0.1, 0.15) is 16.8 Å². The summed E-state index contributed by atoms with van der Waals surface area (Å²) in [7, 11) is 1.75. The van der Waals surface area contributed by atoms with Crippen molar-refractivity contribution in [1.82, 2.24) is 15.6 Å². The fraction of sp³-hybridized carbons (Fsp3) is 0.412. The molecule has 1 aromatic heterocycles. The molecule has 1 aromatic carbocycles.